The van der Waals surface area contributed by atoms with Crippen LogP contribution in [0.4, 0.5) is 24.8 Å². The number of pyridine rings is 2. The number of aromatic nitrogens is 4. The van der Waals surface area contributed by atoms with Crippen molar-refractivity contribution in [2.45, 2.75) is 19.6 Å². The van der Waals surface area contributed by atoms with Gasteiger partial charge in [0.1, 0.15) is 18.2 Å². The van der Waals surface area contributed by atoms with Gasteiger partial charge in [0.15, 0.2) is 0 Å². The molecule has 0 aliphatic rings. The zero-order valence-corrected chi connectivity index (χ0v) is 14.2. The number of carbonyl (C=O) groups excluding carboxylic acids is 1. The molecule has 3 aromatic heterocycles. The summed E-state index contributed by atoms with van der Waals surface area (Å²) < 4.78 is 39.9. The second kappa shape index (κ2) is 7.06. The molecule has 3 N–H and O–H groups in total. The lowest BCUT2D eigenvalue weighted by Gasteiger charge is -2.10. The lowest BCUT2D eigenvalue weighted by atomic mass is 10.2. The Balaban J connectivity index is 1.88. The Hall–Kier alpha value is -3.43. The number of nitrogens with zero attached hydrogens (tertiary/aromatic N) is 4. The Morgan fingerprint density at radius 1 is 1.26 bits per heavy atom. The van der Waals surface area contributed by atoms with Crippen LogP contribution in [0.25, 0.3) is 11.3 Å². The predicted molar refractivity (Wildman–Crippen MR) is 91.9 cm³/mol. The van der Waals surface area contributed by atoms with Crippen LogP contribution in [0, 0.1) is 6.92 Å². The van der Waals surface area contributed by atoms with Gasteiger partial charge in [-0.3, -0.25) is 9.48 Å². The molecule has 10 heteroatoms. The van der Waals surface area contributed by atoms with E-state index in [4.69, 9.17) is 5.73 Å². The molecule has 0 atom stereocenters. The third-order valence-electron chi connectivity index (χ3n) is 3.56. The number of primary amides is 1. The van der Waals surface area contributed by atoms with Gasteiger partial charge in [-0.05, 0) is 36.8 Å². The van der Waals surface area contributed by atoms with E-state index in [-0.39, 0.29) is 12.4 Å². The van der Waals surface area contributed by atoms with Gasteiger partial charge in [0, 0.05) is 18.0 Å². The highest BCUT2D eigenvalue weighted by Crippen LogP contribution is 2.30. The van der Waals surface area contributed by atoms with E-state index in [2.05, 4.69) is 20.4 Å². The molecule has 0 fully saturated rings. The molecular formula is C17H15F3N6O. The number of rotatable bonds is 5. The summed E-state index contributed by atoms with van der Waals surface area (Å²) in [5.74, 6) is -0.169. The molecule has 140 valence electrons. The van der Waals surface area contributed by atoms with Gasteiger partial charge < -0.3 is 11.1 Å². The van der Waals surface area contributed by atoms with Crippen LogP contribution in [0.5, 0.6) is 0 Å². The summed E-state index contributed by atoms with van der Waals surface area (Å²) in [6, 6.07) is 5.28. The Morgan fingerprint density at radius 3 is 2.74 bits per heavy atom. The summed E-state index contributed by atoms with van der Waals surface area (Å²) >= 11 is 0. The smallest absolute Gasteiger partial charge is 0.368 e. The number of halogens is 3. The highest BCUT2D eigenvalue weighted by molar-refractivity contribution is 5.73. The predicted octanol–water partition coefficient (Wildman–Crippen LogP) is 2.90. The standard InChI is InChI=1S/C17H15F3N6O/c1-10-4-13(11-7-23-26(8-11)9-14(21)27)24-16(5-10)25-15-6-12(2-3-22-15)17(18,19)20/h2-8H,9H2,1H3,(H2,21,27)(H,22,24,25). The molecule has 0 bridgehead atoms. The third-order valence-corrected chi connectivity index (χ3v) is 3.56. The maximum atomic E-state index is 12.8. The first-order valence-corrected chi connectivity index (χ1v) is 7.81. The maximum absolute atomic E-state index is 12.8. The number of carbonyl (C=O) groups is 1. The van der Waals surface area contributed by atoms with Crippen LogP contribution in [0.15, 0.2) is 42.9 Å². The SMILES string of the molecule is Cc1cc(Nc2cc(C(F)(F)F)ccn2)nc(-c2cnn(CC(N)=O)c2)c1. The van der Waals surface area contributed by atoms with Crippen molar-refractivity contribution >= 4 is 17.5 Å². The average Bonchev–Trinajstić information content (AvgIpc) is 3.01. The second-order valence-electron chi connectivity index (χ2n) is 5.86. The van der Waals surface area contributed by atoms with Gasteiger partial charge in [-0.15, -0.1) is 0 Å². The largest absolute Gasteiger partial charge is 0.416 e. The zero-order chi connectivity index (χ0) is 19.6. The normalized spacial score (nSPS) is 11.4. The average molecular weight is 376 g/mol. The number of amides is 1. The van der Waals surface area contributed by atoms with Crippen LogP contribution in [0.2, 0.25) is 0 Å². The van der Waals surface area contributed by atoms with Crippen LogP contribution in [-0.4, -0.2) is 25.7 Å². The van der Waals surface area contributed by atoms with Crippen LogP contribution in [0.3, 0.4) is 0 Å². The lowest BCUT2D eigenvalue weighted by Crippen LogP contribution is -2.18. The van der Waals surface area contributed by atoms with Crippen molar-refractivity contribution in [1.29, 1.82) is 0 Å². The topological polar surface area (TPSA) is 98.7 Å². The fourth-order valence-electron chi connectivity index (χ4n) is 2.43. The van der Waals surface area contributed by atoms with Gasteiger partial charge in [-0.25, -0.2) is 9.97 Å². The van der Waals surface area contributed by atoms with E-state index in [1.165, 1.54) is 10.9 Å². The second-order valence-corrected chi connectivity index (χ2v) is 5.86. The molecule has 0 saturated carbocycles. The van der Waals surface area contributed by atoms with Crippen molar-refractivity contribution in [2.24, 2.45) is 5.73 Å². The van der Waals surface area contributed by atoms with E-state index in [0.29, 0.717) is 17.1 Å². The molecule has 27 heavy (non-hydrogen) atoms. The molecule has 0 aromatic carbocycles. The molecule has 0 unspecified atom stereocenters. The molecule has 0 aliphatic heterocycles. The molecule has 3 heterocycles. The molecule has 7 nitrogen and oxygen atoms in total. The Labute approximate surface area is 152 Å². The monoisotopic (exact) mass is 376 g/mol. The van der Waals surface area contributed by atoms with Gasteiger partial charge >= 0.3 is 6.18 Å². The van der Waals surface area contributed by atoms with E-state index < -0.39 is 17.6 Å². The number of anilines is 2. The minimum atomic E-state index is -4.46. The summed E-state index contributed by atoms with van der Waals surface area (Å²) in [7, 11) is 0. The van der Waals surface area contributed by atoms with E-state index in [9.17, 15) is 18.0 Å². The Bertz CT molecular complexity index is 983. The molecule has 0 saturated heterocycles. The van der Waals surface area contributed by atoms with Crippen molar-refractivity contribution in [1.82, 2.24) is 19.7 Å². The molecule has 0 spiro atoms. The van der Waals surface area contributed by atoms with Gasteiger partial charge in [0.2, 0.25) is 5.91 Å². The van der Waals surface area contributed by atoms with Gasteiger partial charge in [-0.1, -0.05) is 0 Å². The fraction of sp³-hybridized carbons (Fsp3) is 0.176. The van der Waals surface area contributed by atoms with Crippen LogP contribution >= 0.6 is 0 Å². The first-order chi connectivity index (χ1) is 12.7. The number of nitrogens with one attached hydrogen (secondary N) is 1. The van der Waals surface area contributed by atoms with Crippen molar-refractivity contribution < 1.29 is 18.0 Å². The summed E-state index contributed by atoms with van der Waals surface area (Å²) in [5, 5.41) is 6.82. The summed E-state index contributed by atoms with van der Waals surface area (Å²) in [6.07, 6.45) is -0.245. The number of hydrogen-bond donors (Lipinski definition) is 2. The quantitative estimate of drug-likeness (QED) is 0.713. The number of aryl methyl sites for hydroxylation is 1. The number of hydrogen-bond acceptors (Lipinski definition) is 5. The van der Waals surface area contributed by atoms with Crippen LogP contribution < -0.4 is 11.1 Å². The van der Waals surface area contributed by atoms with E-state index in [1.807, 2.05) is 6.92 Å². The summed E-state index contributed by atoms with van der Waals surface area (Å²) in [5.41, 5.74) is 6.34. The van der Waals surface area contributed by atoms with Crippen molar-refractivity contribution in [3.05, 3.63) is 54.0 Å². The Kier molecular flexibility index (Phi) is 4.80. The van der Waals surface area contributed by atoms with Crippen molar-refractivity contribution in [3.63, 3.8) is 0 Å². The molecule has 0 aliphatic carbocycles. The lowest BCUT2D eigenvalue weighted by molar-refractivity contribution is -0.137. The number of nitrogens with two attached hydrogens (primary N) is 1. The molecule has 1 amide bonds. The molecule has 0 radical (unpaired) electrons. The highest BCUT2D eigenvalue weighted by Gasteiger charge is 2.30. The van der Waals surface area contributed by atoms with E-state index in [0.717, 1.165) is 23.9 Å². The first kappa shape index (κ1) is 18.4. The van der Waals surface area contributed by atoms with Gasteiger partial charge in [0.25, 0.3) is 0 Å². The van der Waals surface area contributed by atoms with Gasteiger partial charge in [-0.2, -0.15) is 18.3 Å². The first-order valence-electron chi connectivity index (χ1n) is 7.81. The third kappa shape index (κ3) is 4.60. The minimum Gasteiger partial charge on any atom is -0.368 e. The summed E-state index contributed by atoms with van der Waals surface area (Å²) in [6.45, 7) is 1.76. The molecule has 3 rings (SSSR count). The zero-order valence-electron chi connectivity index (χ0n) is 14.2. The van der Waals surface area contributed by atoms with Crippen LogP contribution in [-0.2, 0) is 17.5 Å². The minimum absolute atomic E-state index is 0.0262. The molecular weight excluding hydrogens is 361 g/mol. The Morgan fingerprint density at radius 2 is 2.04 bits per heavy atom. The molecule has 3 aromatic rings. The fourth-order valence-corrected chi connectivity index (χ4v) is 2.43. The number of alkyl halides is 3. The van der Waals surface area contributed by atoms with E-state index in [1.54, 1.807) is 18.3 Å². The van der Waals surface area contributed by atoms with Crippen LogP contribution in [0.1, 0.15) is 11.1 Å². The van der Waals surface area contributed by atoms with E-state index >= 15 is 0 Å². The van der Waals surface area contributed by atoms with Crippen molar-refractivity contribution in [2.75, 3.05) is 5.32 Å². The summed E-state index contributed by atoms with van der Waals surface area (Å²) in [4.78, 5) is 19.3. The van der Waals surface area contributed by atoms with Gasteiger partial charge in [0.05, 0.1) is 17.5 Å². The van der Waals surface area contributed by atoms with Crippen molar-refractivity contribution in [3.8, 4) is 11.3 Å². The maximum Gasteiger partial charge on any atom is 0.416 e. The highest BCUT2D eigenvalue weighted by atomic mass is 19.4.